The Morgan fingerprint density at radius 3 is 2.41 bits per heavy atom. The topological polar surface area (TPSA) is 24.9 Å². The third kappa shape index (κ3) is 2.93. The van der Waals surface area contributed by atoms with Crippen LogP contribution in [0.1, 0.15) is 42.1 Å². The van der Waals surface area contributed by atoms with Crippen molar-refractivity contribution < 1.29 is 0 Å². The highest BCUT2D eigenvalue weighted by Crippen LogP contribution is 2.24. The van der Waals surface area contributed by atoms with Crippen LogP contribution in [0.15, 0.2) is 35.8 Å². The van der Waals surface area contributed by atoms with Crippen LogP contribution >= 0.6 is 11.3 Å². The predicted octanol–water partition coefficient (Wildman–Crippen LogP) is 3.86. The van der Waals surface area contributed by atoms with Gasteiger partial charge in [0, 0.05) is 17.0 Å². The molecule has 2 rings (SSSR count). The molecular formula is C14H18N2S. The molecule has 0 fully saturated rings. The van der Waals surface area contributed by atoms with Gasteiger partial charge in [-0.2, -0.15) is 0 Å². The average Bonchev–Trinajstić information content (AvgIpc) is 2.76. The third-order valence-corrected chi connectivity index (χ3v) is 4.09. The van der Waals surface area contributed by atoms with Gasteiger partial charge in [-0.15, -0.1) is 11.3 Å². The summed E-state index contributed by atoms with van der Waals surface area (Å²) in [5, 5.41) is 3.61. The summed E-state index contributed by atoms with van der Waals surface area (Å²) < 4.78 is 0. The zero-order chi connectivity index (χ0) is 12.3. The summed E-state index contributed by atoms with van der Waals surface area (Å²) in [6, 6.07) is 11.2. The summed E-state index contributed by atoms with van der Waals surface area (Å²) in [7, 11) is 0. The van der Waals surface area contributed by atoms with Gasteiger partial charge >= 0.3 is 0 Å². The van der Waals surface area contributed by atoms with Gasteiger partial charge in [-0.25, -0.2) is 4.98 Å². The monoisotopic (exact) mass is 246 g/mol. The number of hydrogen-bond donors (Lipinski definition) is 1. The molecular weight excluding hydrogens is 228 g/mol. The van der Waals surface area contributed by atoms with Crippen molar-refractivity contribution in [3.8, 4) is 0 Å². The molecule has 0 aliphatic carbocycles. The molecule has 0 saturated heterocycles. The first-order valence-electron chi connectivity index (χ1n) is 5.89. The molecule has 2 nitrogen and oxygen atoms in total. The van der Waals surface area contributed by atoms with Crippen LogP contribution in [0, 0.1) is 6.92 Å². The van der Waals surface area contributed by atoms with Crippen molar-refractivity contribution in [2.75, 3.05) is 0 Å². The van der Waals surface area contributed by atoms with Gasteiger partial charge in [0.15, 0.2) is 0 Å². The normalized spacial score (nSPS) is 14.5. The van der Waals surface area contributed by atoms with Crippen molar-refractivity contribution in [2.24, 2.45) is 0 Å². The number of aryl methyl sites for hydroxylation is 1. The Morgan fingerprint density at radius 2 is 1.82 bits per heavy atom. The van der Waals surface area contributed by atoms with Crippen molar-refractivity contribution in [1.82, 2.24) is 10.3 Å². The molecule has 1 heterocycles. The van der Waals surface area contributed by atoms with Gasteiger partial charge in [0.2, 0.25) is 0 Å². The maximum absolute atomic E-state index is 4.30. The van der Waals surface area contributed by atoms with E-state index < -0.39 is 0 Å². The van der Waals surface area contributed by atoms with Gasteiger partial charge in [0.05, 0.1) is 11.2 Å². The molecule has 0 spiro atoms. The first-order chi connectivity index (χ1) is 8.18. The van der Waals surface area contributed by atoms with Crippen LogP contribution in [0.3, 0.4) is 0 Å². The second-order valence-electron chi connectivity index (χ2n) is 4.32. The Hall–Kier alpha value is -1.19. The molecule has 1 aromatic carbocycles. The predicted molar refractivity (Wildman–Crippen MR) is 73.3 cm³/mol. The number of nitrogens with zero attached hydrogens (tertiary/aromatic N) is 1. The number of thiazole rings is 1. The van der Waals surface area contributed by atoms with Crippen LogP contribution in [0.4, 0.5) is 0 Å². The summed E-state index contributed by atoms with van der Waals surface area (Å²) in [5.41, 5.74) is 4.37. The number of benzene rings is 1. The lowest BCUT2D eigenvalue weighted by atomic mass is 10.1. The van der Waals surface area contributed by atoms with Crippen LogP contribution in [0.2, 0.25) is 0 Å². The van der Waals surface area contributed by atoms with E-state index in [-0.39, 0.29) is 0 Å². The lowest BCUT2D eigenvalue weighted by Crippen LogP contribution is -2.22. The maximum atomic E-state index is 4.30. The number of hydrogen-bond acceptors (Lipinski definition) is 3. The smallest absolute Gasteiger partial charge is 0.0798 e. The minimum absolute atomic E-state index is 0.345. The molecule has 2 aromatic rings. The molecule has 0 aliphatic heterocycles. The fraction of sp³-hybridized carbons (Fsp3) is 0.357. The molecule has 0 bridgehead atoms. The van der Waals surface area contributed by atoms with Gasteiger partial charge < -0.3 is 5.32 Å². The van der Waals surface area contributed by atoms with Crippen LogP contribution in [-0.4, -0.2) is 4.98 Å². The van der Waals surface area contributed by atoms with Crippen molar-refractivity contribution >= 4 is 11.3 Å². The van der Waals surface area contributed by atoms with Gasteiger partial charge in [-0.1, -0.05) is 30.3 Å². The summed E-state index contributed by atoms with van der Waals surface area (Å²) in [6.07, 6.45) is 0. The van der Waals surface area contributed by atoms with Gasteiger partial charge in [0.1, 0.15) is 0 Å². The van der Waals surface area contributed by atoms with E-state index in [1.54, 1.807) is 11.3 Å². The molecule has 1 aromatic heterocycles. The van der Waals surface area contributed by atoms with E-state index in [1.807, 2.05) is 11.6 Å². The average molecular weight is 246 g/mol. The van der Waals surface area contributed by atoms with Crippen LogP contribution in [0.25, 0.3) is 0 Å². The zero-order valence-corrected chi connectivity index (χ0v) is 11.3. The number of aromatic nitrogens is 1. The molecule has 0 aliphatic rings. The van der Waals surface area contributed by atoms with Gasteiger partial charge in [-0.05, 0) is 26.3 Å². The molecule has 1 unspecified atom stereocenters. The highest BCUT2D eigenvalue weighted by molar-refractivity contribution is 7.09. The Morgan fingerprint density at radius 1 is 1.12 bits per heavy atom. The molecule has 2 atom stereocenters. The summed E-state index contributed by atoms with van der Waals surface area (Å²) in [6.45, 7) is 6.46. The van der Waals surface area contributed by atoms with Crippen LogP contribution in [-0.2, 0) is 0 Å². The van der Waals surface area contributed by atoms with E-state index in [2.05, 4.69) is 55.3 Å². The quantitative estimate of drug-likeness (QED) is 0.886. The Labute approximate surface area is 107 Å². The molecule has 90 valence electrons. The van der Waals surface area contributed by atoms with Crippen molar-refractivity contribution in [3.63, 3.8) is 0 Å². The Bertz CT molecular complexity index is 464. The van der Waals surface area contributed by atoms with Crippen molar-refractivity contribution in [3.05, 3.63) is 52.0 Å². The van der Waals surface area contributed by atoms with Gasteiger partial charge in [0.25, 0.3) is 0 Å². The third-order valence-electron chi connectivity index (χ3n) is 2.98. The highest BCUT2D eigenvalue weighted by Gasteiger charge is 2.14. The summed E-state index contributed by atoms with van der Waals surface area (Å²) in [5.74, 6) is 0. The second kappa shape index (κ2) is 5.43. The minimum atomic E-state index is 0.345. The van der Waals surface area contributed by atoms with E-state index in [0.717, 1.165) is 5.69 Å². The first kappa shape index (κ1) is 12.3. The summed E-state index contributed by atoms with van der Waals surface area (Å²) in [4.78, 5) is 5.62. The lowest BCUT2D eigenvalue weighted by Gasteiger charge is -2.19. The molecule has 0 amide bonds. The Kier molecular flexibility index (Phi) is 3.92. The Balaban J connectivity index is 2.05. The molecule has 0 saturated carbocycles. The van der Waals surface area contributed by atoms with E-state index in [1.165, 1.54) is 10.4 Å². The van der Waals surface area contributed by atoms with E-state index in [4.69, 9.17) is 0 Å². The van der Waals surface area contributed by atoms with Gasteiger partial charge in [-0.3, -0.25) is 0 Å². The fourth-order valence-corrected chi connectivity index (χ4v) is 2.83. The van der Waals surface area contributed by atoms with Crippen molar-refractivity contribution in [1.29, 1.82) is 0 Å². The molecule has 1 N–H and O–H groups in total. The largest absolute Gasteiger partial charge is 0.303 e. The standard InChI is InChI=1S/C14H18N2S/c1-10(13-7-5-4-6-8-13)16-12(3)14-11(2)15-9-17-14/h4-10,12,16H,1-3H3/t10-,12?/m1/s1. The van der Waals surface area contributed by atoms with E-state index in [9.17, 15) is 0 Å². The highest BCUT2D eigenvalue weighted by atomic mass is 32.1. The lowest BCUT2D eigenvalue weighted by molar-refractivity contribution is 0.498. The van der Waals surface area contributed by atoms with E-state index in [0.29, 0.717) is 12.1 Å². The SMILES string of the molecule is Cc1ncsc1C(C)N[C@H](C)c1ccccc1. The number of nitrogens with one attached hydrogen (secondary N) is 1. The zero-order valence-electron chi connectivity index (χ0n) is 10.5. The van der Waals surface area contributed by atoms with Crippen molar-refractivity contribution in [2.45, 2.75) is 32.9 Å². The molecule has 0 radical (unpaired) electrons. The second-order valence-corrected chi connectivity index (χ2v) is 5.21. The maximum Gasteiger partial charge on any atom is 0.0798 e. The fourth-order valence-electron chi connectivity index (χ4n) is 2.02. The minimum Gasteiger partial charge on any atom is -0.303 e. The summed E-state index contributed by atoms with van der Waals surface area (Å²) >= 11 is 1.72. The first-order valence-corrected chi connectivity index (χ1v) is 6.77. The molecule has 17 heavy (non-hydrogen) atoms. The van der Waals surface area contributed by atoms with E-state index >= 15 is 0 Å². The van der Waals surface area contributed by atoms with Crippen LogP contribution < -0.4 is 5.32 Å². The number of rotatable bonds is 4. The van der Waals surface area contributed by atoms with Crippen LogP contribution in [0.5, 0.6) is 0 Å². The molecule has 3 heteroatoms.